The highest BCUT2D eigenvalue weighted by atomic mass is 16.5. The van der Waals surface area contributed by atoms with Crippen LogP contribution in [0.15, 0.2) is 67.1 Å². The van der Waals surface area contributed by atoms with E-state index in [0.717, 1.165) is 16.6 Å². The van der Waals surface area contributed by atoms with Gasteiger partial charge < -0.3 is 29.0 Å². The number of hydrogen-bond donors (Lipinski definition) is 1. The molecule has 2 aromatic carbocycles. The number of fused-ring (bicyclic) bond motifs is 1. The van der Waals surface area contributed by atoms with Gasteiger partial charge in [-0.1, -0.05) is 6.07 Å². The van der Waals surface area contributed by atoms with Crippen LogP contribution in [0.2, 0.25) is 0 Å². The van der Waals surface area contributed by atoms with Crippen molar-refractivity contribution in [1.82, 2.24) is 15.0 Å². The van der Waals surface area contributed by atoms with Crippen LogP contribution in [0.5, 0.6) is 23.1 Å². The number of benzene rings is 2. The molecule has 0 amide bonds. The molecule has 0 atom stereocenters. The van der Waals surface area contributed by atoms with Gasteiger partial charge in [-0.15, -0.1) is 0 Å². The van der Waals surface area contributed by atoms with Crippen LogP contribution in [0.1, 0.15) is 0 Å². The van der Waals surface area contributed by atoms with E-state index >= 15 is 0 Å². The van der Waals surface area contributed by atoms with E-state index in [1.807, 2.05) is 48.5 Å². The Morgan fingerprint density at radius 3 is 2.18 bits per heavy atom. The smallest absolute Gasteiger partial charge is 0.219 e. The molecule has 0 bridgehead atoms. The Labute approximate surface area is 197 Å². The summed E-state index contributed by atoms with van der Waals surface area (Å²) in [5, 5.41) is 4.14. The molecule has 4 aromatic rings. The van der Waals surface area contributed by atoms with E-state index in [9.17, 15) is 0 Å². The van der Waals surface area contributed by atoms with Crippen LogP contribution in [0, 0.1) is 0 Å². The van der Waals surface area contributed by atoms with Gasteiger partial charge in [-0.2, -0.15) is 0 Å². The van der Waals surface area contributed by atoms with Gasteiger partial charge in [0.2, 0.25) is 5.88 Å². The molecular weight excluding hydrogens is 436 g/mol. The summed E-state index contributed by atoms with van der Waals surface area (Å²) in [4.78, 5) is 13.0. The zero-order valence-electron chi connectivity index (χ0n) is 19.1. The summed E-state index contributed by atoms with van der Waals surface area (Å²) < 4.78 is 27.7. The van der Waals surface area contributed by atoms with Crippen molar-refractivity contribution in [3.05, 3.63) is 67.1 Å². The van der Waals surface area contributed by atoms with Crippen LogP contribution in [0.4, 0.5) is 11.5 Å². The summed E-state index contributed by atoms with van der Waals surface area (Å²) in [5.74, 6) is 3.03. The molecule has 34 heavy (non-hydrogen) atoms. The lowest BCUT2D eigenvalue weighted by molar-refractivity contribution is 0.132. The first kappa shape index (κ1) is 23.2. The molecule has 0 unspecified atom stereocenters. The highest BCUT2D eigenvalue weighted by Crippen LogP contribution is 2.35. The Bertz CT molecular complexity index is 1190. The topological polar surface area (TPSA) is 96.9 Å². The Balaban J connectivity index is 1.56. The minimum atomic E-state index is 0.386. The fraction of sp³-hybridized carbons (Fsp3) is 0.240. The van der Waals surface area contributed by atoms with E-state index in [1.165, 1.54) is 6.33 Å². The predicted octanol–water partition coefficient (Wildman–Crippen LogP) is 4.61. The number of pyridine rings is 1. The Morgan fingerprint density at radius 2 is 1.50 bits per heavy atom. The van der Waals surface area contributed by atoms with E-state index in [0.29, 0.717) is 55.4 Å². The molecule has 2 aromatic heterocycles. The monoisotopic (exact) mass is 462 g/mol. The Kier molecular flexibility index (Phi) is 8.04. The zero-order valence-corrected chi connectivity index (χ0v) is 19.1. The molecule has 0 saturated carbocycles. The number of nitrogens with zero attached hydrogens (tertiary/aromatic N) is 3. The molecule has 4 rings (SSSR count). The van der Waals surface area contributed by atoms with Gasteiger partial charge in [-0.3, -0.25) is 0 Å². The number of aromatic nitrogens is 3. The Hall–Kier alpha value is -3.95. The summed E-state index contributed by atoms with van der Waals surface area (Å²) in [6, 6.07) is 16.8. The predicted molar refractivity (Wildman–Crippen MR) is 128 cm³/mol. The molecule has 176 valence electrons. The molecule has 0 saturated heterocycles. The van der Waals surface area contributed by atoms with E-state index in [1.54, 1.807) is 26.5 Å². The van der Waals surface area contributed by atoms with Gasteiger partial charge in [-0.05, 0) is 36.4 Å². The highest BCUT2D eigenvalue weighted by Gasteiger charge is 2.13. The largest absolute Gasteiger partial charge is 0.487 e. The number of ether oxygens (including phenoxy) is 5. The normalized spacial score (nSPS) is 10.8. The van der Waals surface area contributed by atoms with Gasteiger partial charge in [0, 0.05) is 43.6 Å². The van der Waals surface area contributed by atoms with E-state index in [4.69, 9.17) is 23.7 Å². The van der Waals surface area contributed by atoms with Crippen LogP contribution in [0.3, 0.4) is 0 Å². The third-order valence-electron chi connectivity index (χ3n) is 4.77. The molecule has 2 heterocycles. The van der Waals surface area contributed by atoms with Gasteiger partial charge in [0.05, 0.1) is 18.7 Å². The standard InChI is InChI=1S/C25H26N4O5/c1-30-11-13-32-22-15-20-21(16-23(22)33-14-12-31-2)27-17-28-25(20)29-18-6-8-19(9-7-18)34-24-5-3-4-10-26-24/h3-10,15-17H,11-14H2,1-2H3,(H,27,28,29). The van der Waals surface area contributed by atoms with Gasteiger partial charge in [0.1, 0.15) is 31.1 Å². The molecule has 0 aliphatic heterocycles. The average molecular weight is 463 g/mol. The number of hydrogen-bond acceptors (Lipinski definition) is 9. The van der Waals surface area contributed by atoms with Gasteiger partial charge in [-0.25, -0.2) is 15.0 Å². The van der Waals surface area contributed by atoms with Crippen molar-refractivity contribution in [1.29, 1.82) is 0 Å². The first-order valence-electron chi connectivity index (χ1n) is 10.7. The van der Waals surface area contributed by atoms with Crippen molar-refractivity contribution >= 4 is 22.4 Å². The zero-order chi connectivity index (χ0) is 23.6. The first-order valence-corrected chi connectivity index (χ1v) is 10.7. The van der Waals surface area contributed by atoms with Crippen molar-refractivity contribution in [3.63, 3.8) is 0 Å². The molecule has 0 aliphatic rings. The summed E-state index contributed by atoms with van der Waals surface area (Å²) >= 11 is 0. The highest BCUT2D eigenvalue weighted by molar-refractivity contribution is 5.93. The summed E-state index contributed by atoms with van der Waals surface area (Å²) in [5.41, 5.74) is 1.56. The molecule has 9 heteroatoms. The van der Waals surface area contributed by atoms with Crippen LogP contribution >= 0.6 is 0 Å². The van der Waals surface area contributed by atoms with E-state index in [2.05, 4.69) is 20.3 Å². The van der Waals surface area contributed by atoms with Gasteiger partial charge in [0.25, 0.3) is 0 Å². The van der Waals surface area contributed by atoms with Crippen molar-refractivity contribution in [2.45, 2.75) is 0 Å². The fourth-order valence-electron chi connectivity index (χ4n) is 3.13. The maximum atomic E-state index is 5.90. The van der Waals surface area contributed by atoms with Gasteiger partial charge >= 0.3 is 0 Å². The third kappa shape index (κ3) is 6.09. The minimum absolute atomic E-state index is 0.386. The fourth-order valence-corrected chi connectivity index (χ4v) is 3.13. The Morgan fingerprint density at radius 1 is 0.765 bits per heavy atom. The number of methoxy groups -OCH3 is 2. The maximum absolute atomic E-state index is 5.90. The van der Waals surface area contributed by atoms with Crippen molar-refractivity contribution in [2.75, 3.05) is 46.0 Å². The second kappa shape index (κ2) is 11.8. The second-order valence-electron chi connectivity index (χ2n) is 7.14. The lowest BCUT2D eigenvalue weighted by Gasteiger charge is -2.15. The quantitative estimate of drug-likeness (QED) is 0.303. The molecular formula is C25H26N4O5. The van der Waals surface area contributed by atoms with Crippen molar-refractivity contribution < 1.29 is 23.7 Å². The van der Waals surface area contributed by atoms with E-state index < -0.39 is 0 Å². The number of nitrogens with one attached hydrogen (secondary N) is 1. The van der Waals surface area contributed by atoms with Crippen molar-refractivity contribution in [3.8, 4) is 23.1 Å². The van der Waals surface area contributed by atoms with E-state index in [-0.39, 0.29) is 0 Å². The summed E-state index contributed by atoms with van der Waals surface area (Å²) in [6.07, 6.45) is 3.19. The molecule has 9 nitrogen and oxygen atoms in total. The third-order valence-corrected chi connectivity index (χ3v) is 4.77. The van der Waals surface area contributed by atoms with Crippen LogP contribution < -0.4 is 19.5 Å². The van der Waals surface area contributed by atoms with Crippen LogP contribution in [-0.4, -0.2) is 55.6 Å². The average Bonchev–Trinajstić information content (AvgIpc) is 2.86. The van der Waals surface area contributed by atoms with Gasteiger partial charge in [0.15, 0.2) is 11.5 Å². The van der Waals surface area contributed by atoms with Crippen LogP contribution in [-0.2, 0) is 9.47 Å². The molecule has 0 spiro atoms. The molecule has 0 aliphatic carbocycles. The molecule has 1 N–H and O–H groups in total. The first-order chi connectivity index (χ1) is 16.8. The lowest BCUT2D eigenvalue weighted by atomic mass is 10.2. The van der Waals surface area contributed by atoms with Crippen molar-refractivity contribution in [2.24, 2.45) is 0 Å². The maximum Gasteiger partial charge on any atom is 0.219 e. The summed E-state index contributed by atoms with van der Waals surface area (Å²) in [6.45, 7) is 1.70. The number of rotatable bonds is 12. The lowest BCUT2D eigenvalue weighted by Crippen LogP contribution is -2.09. The van der Waals surface area contributed by atoms with Crippen LogP contribution in [0.25, 0.3) is 10.9 Å². The number of anilines is 2. The molecule has 0 radical (unpaired) electrons. The second-order valence-corrected chi connectivity index (χ2v) is 7.14. The minimum Gasteiger partial charge on any atom is -0.487 e. The molecule has 0 fully saturated rings. The SMILES string of the molecule is COCCOc1cc2ncnc(Nc3ccc(Oc4ccccn4)cc3)c2cc1OCCOC. The summed E-state index contributed by atoms with van der Waals surface area (Å²) in [7, 11) is 3.25.